The SMILES string of the molecule is Cc1ccc(Oc2ccccc2[N+](=O)[O-])c(CBr)c1. The lowest BCUT2D eigenvalue weighted by atomic mass is 10.1. The number of nitro benzene ring substituents is 1. The molecule has 0 bridgehead atoms. The van der Waals surface area contributed by atoms with Gasteiger partial charge in [0.1, 0.15) is 5.75 Å². The standard InChI is InChI=1S/C14H12BrNO3/c1-10-6-7-13(11(8-10)9-15)19-14-5-3-2-4-12(14)16(17)18/h2-8H,9H2,1H3. The van der Waals surface area contributed by atoms with E-state index in [2.05, 4.69) is 15.9 Å². The molecule has 0 aliphatic heterocycles. The second-order valence-electron chi connectivity index (χ2n) is 4.07. The molecule has 0 fully saturated rings. The minimum atomic E-state index is -0.447. The first kappa shape index (κ1) is 13.5. The van der Waals surface area contributed by atoms with Gasteiger partial charge in [-0.05, 0) is 19.1 Å². The van der Waals surface area contributed by atoms with Crippen LogP contribution in [0.4, 0.5) is 5.69 Å². The number of nitrogens with zero attached hydrogens (tertiary/aromatic N) is 1. The van der Waals surface area contributed by atoms with Crippen LogP contribution >= 0.6 is 15.9 Å². The Morgan fingerprint density at radius 3 is 2.63 bits per heavy atom. The summed E-state index contributed by atoms with van der Waals surface area (Å²) in [5.41, 5.74) is 2.03. The monoisotopic (exact) mass is 321 g/mol. The van der Waals surface area contributed by atoms with E-state index in [1.807, 2.05) is 25.1 Å². The van der Waals surface area contributed by atoms with E-state index in [9.17, 15) is 10.1 Å². The van der Waals surface area contributed by atoms with Crippen molar-refractivity contribution < 1.29 is 9.66 Å². The van der Waals surface area contributed by atoms with Crippen LogP contribution < -0.4 is 4.74 Å². The van der Waals surface area contributed by atoms with Gasteiger partial charge in [0, 0.05) is 17.0 Å². The number of rotatable bonds is 4. The molecule has 0 N–H and O–H groups in total. The largest absolute Gasteiger partial charge is 0.450 e. The number of para-hydroxylation sites is 2. The zero-order valence-electron chi connectivity index (χ0n) is 10.3. The Kier molecular flexibility index (Phi) is 4.16. The fraction of sp³-hybridized carbons (Fsp3) is 0.143. The number of nitro groups is 1. The summed E-state index contributed by atoms with van der Waals surface area (Å²) >= 11 is 3.39. The van der Waals surface area contributed by atoms with Gasteiger partial charge >= 0.3 is 5.69 Å². The zero-order chi connectivity index (χ0) is 13.8. The number of hydrogen-bond donors (Lipinski definition) is 0. The summed E-state index contributed by atoms with van der Waals surface area (Å²) < 4.78 is 5.68. The van der Waals surface area contributed by atoms with Crippen LogP contribution in [0, 0.1) is 17.0 Å². The summed E-state index contributed by atoms with van der Waals surface area (Å²) in [5.74, 6) is 0.871. The van der Waals surface area contributed by atoms with Crippen molar-refractivity contribution in [3.63, 3.8) is 0 Å². The minimum absolute atomic E-state index is 0.0383. The van der Waals surface area contributed by atoms with Gasteiger partial charge in [-0.3, -0.25) is 10.1 Å². The summed E-state index contributed by atoms with van der Waals surface area (Å²) in [7, 11) is 0. The molecule has 4 nitrogen and oxygen atoms in total. The molecular weight excluding hydrogens is 310 g/mol. The Bertz CT molecular complexity index is 613. The van der Waals surface area contributed by atoms with Crippen molar-refractivity contribution >= 4 is 21.6 Å². The van der Waals surface area contributed by atoms with Crippen LogP contribution in [-0.4, -0.2) is 4.92 Å². The first-order chi connectivity index (χ1) is 9.11. The molecule has 0 aliphatic rings. The lowest BCUT2D eigenvalue weighted by Crippen LogP contribution is -1.95. The second-order valence-corrected chi connectivity index (χ2v) is 4.63. The molecule has 0 saturated heterocycles. The van der Waals surface area contributed by atoms with Crippen molar-refractivity contribution in [2.24, 2.45) is 0 Å². The molecule has 2 rings (SSSR count). The first-order valence-corrected chi connectivity index (χ1v) is 6.80. The van der Waals surface area contributed by atoms with Gasteiger partial charge in [0.05, 0.1) is 4.92 Å². The number of aryl methyl sites for hydroxylation is 1. The Hall–Kier alpha value is -1.88. The van der Waals surface area contributed by atoms with Crippen molar-refractivity contribution in [1.29, 1.82) is 0 Å². The van der Waals surface area contributed by atoms with Gasteiger partial charge < -0.3 is 4.74 Å². The zero-order valence-corrected chi connectivity index (χ0v) is 11.9. The predicted octanol–water partition coefficient (Wildman–Crippen LogP) is 4.59. The Labute approximate surface area is 119 Å². The van der Waals surface area contributed by atoms with Crippen LogP contribution in [0.3, 0.4) is 0 Å². The van der Waals surface area contributed by atoms with Crippen LogP contribution in [0.2, 0.25) is 0 Å². The van der Waals surface area contributed by atoms with Crippen molar-refractivity contribution in [1.82, 2.24) is 0 Å². The average Bonchev–Trinajstić information content (AvgIpc) is 2.41. The number of halogens is 1. The number of alkyl halides is 1. The van der Waals surface area contributed by atoms with Crippen LogP contribution in [0.25, 0.3) is 0 Å². The molecule has 0 amide bonds. The normalized spacial score (nSPS) is 10.2. The molecule has 0 atom stereocenters. The van der Waals surface area contributed by atoms with E-state index in [4.69, 9.17) is 4.74 Å². The quantitative estimate of drug-likeness (QED) is 0.470. The summed E-state index contributed by atoms with van der Waals surface area (Å²) in [5, 5.41) is 11.6. The molecule has 0 spiro atoms. The van der Waals surface area contributed by atoms with Gasteiger partial charge in [-0.2, -0.15) is 0 Å². The second kappa shape index (κ2) is 5.84. The van der Waals surface area contributed by atoms with Crippen molar-refractivity contribution in [3.05, 3.63) is 63.7 Å². The molecule has 19 heavy (non-hydrogen) atoms. The van der Waals surface area contributed by atoms with E-state index in [0.29, 0.717) is 11.1 Å². The highest BCUT2D eigenvalue weighted by molar-refractivity contribution is 9.08. The molecule has 0 radical (unpaired) electrons. The Morgan fingerprint density at radius 1 is 1.21 bits per heavy atom. The maximum atomic E-state index is 10.9. The minimum Gasteiger partial charge on any atom is -0.450 e. The topological polar surface area (TPSA) is 52.4 Å². The number of benzene rings is 2. The van der Waals surface area contributed by atoms with E-state index in [1.54, 1.807) is 18.2 Å². The maximum Gasteiger partial charge on any atom is 0.311 e. The third-order valence-corrected chi connectivity index (χ3v) is 3.25. The molecule has 2 aromatic rings. The van der Waals surface area contributed by atoms with Crippen LogP contribution in [0.5, 0.6) is 11.5 Å². The van der Waals surface area contributed by atoms with Crippen LogP contribution in [0.15, 0.2) is 42.5 Å². The van der Waals surface area contributed by atoms with Gasteiger partial charge in [-0.15, -0.1) is 0 Å². The summed E-state index contributed by atoms with van der Waals surface area (Å²) in [6.45, 7) is 1.99. The maximum absolute atomic E-state index is 10.9. The van der Waals surface area contributed by atoms with Crippen LogP contribution in [-0.2, 0) is 5.33 Å². The Balaban J connectivity index is 2.39. The van der Waals surface area contributed by atoms with Gasteiger partial charge in [0.2, 0.25) is 5.75 Å². The highest BCUT2D eigenvalue weighted by Crippen LogP contribution is 2.33. The number of hydrogen-bond acceptors (Lipinski definition) is 3. The lowest BCUT2D eigenvalue weighted by molar-refractivity contribution is -0.385. The molecule has 0 unspecified atom stereocenters. The Morgan fingerprint density at radius 2 is 1.95 bits per heavy atom. The van der Waals surface area contributed by atoms with E-state index in [-0.39, 0.29) is 11.4 Å². The van der Waals surface area contributed by atoms with Crippen molar-refractivity contribution in [2.75, 3.05) is 0 Å². The van der Waals surface area contributed by atoms with Crippen LogP contribution in [0.1, 0.15) is 11.1 Å². The molecule has 98 valence electrons. The first-order valence-electron chi connectivity index (χ1n) is 5.68. The number of ether oxygens (including phenoxy) is 1. The van der Waals surface area contributed by atoms with Crippen molar-refractivity contribution in [2.45, 2.75) is 12.3 Å². The molecular formula is C14H12BrNO3. The highest BCUT2D eigenvalue weighted by atomic mass is 79.9. The highest BCUT2D eigenvalue weighted by Gasteiger charge is 2.15. The molecule has 0 aromatic heterocycles. The summed E-state index contributed by atoms with van der Waals surface area (Å²) in [4.78, 5) is 10.5. The van der Waals surface area contributed by atoms with E-state index in [0.717, 1.165) is 11.1 Å². The summed E-state index contributed by atoms with van der Waals surface area (Å²) in [6.07, 6.45) is 0. The van der Waals surface area contributed by atoms with Gasteiger partial charge in [-0.1, -0.05) is 45.8 Å². The van der Waals surface area contributed by atoms with Gasteiger partial charge in [0.15, 0.2) is 0 Å². The van der Waals surface area contributed by atoms with Crippen molar-refractivity contribution in [3.8, 4) is 11.5 Å². The van der Waals surface area contributed by atoms with E-state index < -0.39 is 4.92 Å². The third-order valence-electron chi connectivity index (χ3n) is 2.64. The fourth-order valence-corrected chi connectivity index (χ4v) is 2.16. The summed E-state index contributed by atoms with van der Waals surface area (Å²) in [6, 6.07) is 12.1. The van der Waals surface area contributed by atoms with Gasteiger partial charge in [0.25, 0.3) is 0 Å². The predicted molar refractivity (Wildman–Crippen MR) is 77.0 cm³/mol. The molecule has 0 saturated carbocycles. The molecule has 2 aromatic carbocycles. The van der Waals surface area contributed by atoms with Gasteiger partial charge in [-0.25, -0.2) is 0 Å². The smallest absolute Gasteiger partial charge is 0.311 e. The van der Waals surface area contributed by atoms with E-state index in [1.165, 1.54) is 6.07 Å². The average molecular weight is 322 g/mol. The van der Waals surface area contributed by atoms with E-state index >= 15 is 0 Å². The molecule has 5 heteroatoms. The fourth-order valence-electron chi connectivity index (χ4n) is 1.72. The third kappa shape index (κ3) is 3.12. The molecule has 0 aliphatic carbocycles. The molecule has 0 heterocycles. The lowest BCUT2D eigenvalue weighted by Gasteiger charge is -2.10.